The molecule has 0 spiro atoms. The van der Waals surface area contributed by atoms with Crippen molar-refractivity contribution in [2.24, 2.45) is 5.41 Å². The number of nitrogens with one attached hydrogen (secondary N) is 1. The summed E-state index contributed by atoms with van der Waals surface area (Å²) in [5.74, 6) is -4.66. The van der Waals surface area contributed by atoms with Crippen LogP contribution in [0.25, 0.3) is 17.3 Å². The third-order valence-electron chi connectivity index (χ3n) is 5.26. The molecular weight excluding hydrogens is 477 g/mol. The minimum Gasteiger partial charge on any atom is -0.478 e. The van der Waals surface area contributed by atoms with Gasteiger partial charge in [-0.2, -0.15) is 0 Å². The van der Waals surface area contributed by atoms with Gasteiger partial charge >= 0.3 is 5.97 Å². The van der Waals surface area contributed by atoms with Gasteiger partial charge in [-0.05, 0) is 55.0 Å². The van der Waals surface area contributed by atoms with Crippen molar-refractivity contribution in [1.82, 2.24) is 4.98 Å². The fourth-order valence-electron chi connectivity index (χ4n) is 3.24. The molecule has 0 saturated heterocycles. The summed E-state index contributed by atoms with van der Waals surface area (Å²) in [4.78, 5) is 27.7. The second kappa shape index (κ2) is 10.4. The summed E-state index contributed by atoms with van der Waals surface area (Å²) in [6, 6.07) is 6.71. The molecule has 0 radical (unpaired) electrons. The van der Waals surface area contributed by atoms with Gasteiger partial charge in [0.1, 0.15) is 17.5 Å². The van der Waals surface area contributed by atoms with Crippen molar-refractivity contribution in [3.05, 3.63) is 75.4 Å². The standard InChI is InChI=1S/C26H25F3N2O3S/c1-14(24(33)34)10-18-19(27)11-16(12-20(18)28)23(32)31-25-30-21(13-35-25)17-7-5-6-15(22(17)29)8-9-26(2,3)4/h5-7,10-13H,8-9H2,1-4H3,(H,33,34)(H,30,31,32)/b14-10+. The Hall–Kier alpha value is -3.46. The van der Waals surface area contributed by atoms with E-state index < -0.39 is 29.1 Å². The van der Waals surface area contributed by atoms with Gasteiger partial charge in [0, 0.05) is 27.6 Å². The van der Waals surface area contributed by atoms with Crippen LogP contribution in [-0.2, 0) is 11.2 Å². The minimum absolute atomic E-state index is 0.0586. The SMILES string of the molecule is C/C(=C\c1c(F)cc(C(=O)Nc2nc(-c3cccc(CCC(C)(C)C)c3F)cs2)cc1F)C(=O)O. The molecule has 0 unspecified atom stereocenters. The first-order valence-electron chi connectivity index (χ1n) is 10.8. The highest BCUT2D eigenvalue weighted by Gasteiger charge is 2.19. The molecule has 2 aromatic carbocycles. The molecule has 3 aromatic rings. The number of thiazole rings is 1. The van der Waals surface area contributed by atoms with E-state index in [1.54, 1.807) is 23.6 Å². The van der Waals surface area contributed by atoms with Gasteiger partial charge in [-0.3, -0.25) is 10.1 Å². The van der Waals surface area contributed by atoms with Crippen molar-refractivity contribution < 1.29 is 27.9 Å². The lowest BCUT2D eigenvalue weighted by Gasteiger charge is -2.18. The Morgan fingerprint density at radius 1 is 1.14 bits per heavy atom. The van der Waals surface area contributed by atoms with Gasteiger partial charge in [-0.15, -0.1) is 11.3 Å². The molecule has 35 heavy (non-hydrogen) atoms. The van der Waals surface area contributed by atoms with Crippen LogP contribution in [-0.4, -0.2) is 22.0 Å². The molecule has 0 bridgehead atoms. The van der Waals surface area contributed by atoms with Crippen LogP contribution < -0.4 is 5.32 Å². The molecule has 5 nitrogen and oxygen atoms in total. The third kappa shape index (κ3) is 6.57. The number of aryl methyl sites for hydroxylation is 1. The van der Waals surface area contributed by atoms with Gasteiger partial charge in [0.25, 0.3) is 5.91 Å². The van der Waals surface area contributed by atoms with E-state index in [4.69, 9.17) is 5.11 Å². The van der Waals surface area contributed by atoms with Gasteiger partial charge in [-0.1, -0.05) is 32.9 Å². The largest absolute Gasteiger partial charge is 0.478 e. The summed E-state index contributed by atoms with van der Waals surface area (Å²) in [6.45, 7) is 7.46. The molecular formula is C26H25F3N2O3S. The zero-order valence-corrected chi connectivity index (χ0v) is 20.5. The number of aliphatic carboxylic acids is 1. The average Bonchev–Trinajstić information content (AvgIpc) is 3.22. The molecule has 184 valence electrons. The smallest absolute Gasteiger partial charge is 0.331 e. The lowest BCUT2D eigenvalue weighted by atomic mass is 9.88. The highest BCUT2D eigenvalue weighted by molar-refractivity contribution is 7.14. The zero-order valence-electron chi connectivity index (χ0n) is 19.7. The first-order valence-corrected chi connectivity index (χ1v) is 11.7. The topological polar surface area (TPSA) is 79.3 Å². The zero-order chi connectivity index (χ0) is 25.9. The summed E-state index contributed by atoms with van der Waals surface area (Å²) in [5, 5.41) is 13.1. The van der Waals surface area contributed by atoms with Crippen LogP contribution in [0.15, 0.2) is 41.3 Å². The normalized spacial score (nSPS) is 12.0. The Balaban J connectivity index is 1.79. The molecule has 0 atom stereocenters. The molecule has 0 fully saturated rings. The fourth-order valence-corrected chi connectivity index (χ4v) is 3.94. The number of amides is 1. The number of benzene rings is 2. The number of halogens is 3. The number of rotatable bonds is 7. The Morgan fingerprint density at radius 2 is 1.80 bits per heavy atom. The predicted molar refractivity (Wildman–Crippen MR) is 131 cm³/mol. The minimum atomic E-state index is -1.32. The van der Waals surface area contributed by atoms with Gasteiger partial charge < -0.3 is 5.11 Å². The van der Waals surface area contributed by atoms with E-state index in [-0.39, 0.29) is 27.5 Å². The maximum Gasteiger partial charge on any atom is 0.331 e. The third-order valence-corrected chi connectivity index (χ3v) is 6.02. The maximum atomic E-state index is 15.1. The van der Waals surface area contributed by atoms with Gasteiger partial charge in [0.05, 0.1) is 5.69 Å². The molecule has 2 N–H and O–H groups in total. The second-order valence-electron chi connectivity index (χ2n) is 9.32. The molecule has 0 aliphatic heterocycles. The number of hydrogen-bond donors (Lipinski definition) is 2. The Labute approximate surface area is 205 Å². The van der Waals surface area contributed by atoms with Gasteiger partial charge in [-0.25, -0.2) is 22.9 Å². The van der Waals surface area contributed by atoms with E-state index in [1.807, 2.05) is 0 Å². The van der Waals surface area contributed by atoms with E-state index in [0.717, 1.165) is 36.0 Å². The van der Waals surface area contributed by atoms with Crippen molar-refractivity contribution in [1.29, 1.82) is 0 Å². The number of carboxylic acids is 1. The molecule has 1 heterocycles. The highest BCUT2D eigenvalue weighted by Crippen LogP contribution is 2.31. The van der Waals surface area contributed by atoms with E-state index in [1.165, 1.54) is 6.92 Å². The number of carboxylic acid groups (broad SMARTS) is 1. The Kier molecular flexibility index (Phi) is 7.80. The van der Waals surface area contributed by atoms with E-state index in [0.29, 0.717) is 23.2 Å². The first kappa shape index (κ1) is 26.2. The van der Waals surface area contributed by atoms with E-state index >= 15 is 4.39 Å². The van der Waals surface area contributed by atoms with Crippen molar-refractivity contribution in [3.63, 3.8) is 0 Å². The number of aromatic nitrogens is 1. The summed E-state index contributed by atoms with van der Waals surface area (Å²) in [7, 11) is 0. The Morgan fingerprint density at radius 3 is 2.40 bits per heavy atom. The van der Waals surface area contributed by atoms with Gasteiger partial charge in [0.2, 0.25) is 0 Å². The van der Waals surface area contributed by atoms with Crippen LogP contribution in [0.4, 0.5) is 18.3 Å². The molecule has 1 aromatic heterocycles. The molecule has 0 saturated carbocycles. The quantitative estimate of drug-likeness (QED) is 0.343. The van der Waals surface area contributed by atoms with Crippen LogP contribution in [0.1, 0.15) is 55.6 Å². The second-order valence-corrected chi connectivity index (χ2v) is 10.2. The van der Waals surface area contributed by atoms with Crippen LogP contribution >= 0.6 is 11.3 Å². The lowest BCUT2D eigenvalue weighted by Crippen LogP contribution is -2.13. The first-order chi connectivity index (χ1) is 16.4. The fraction of sp³-hybridized carbons (Fsp3) is 0.269. The molecule has 9 heteroatoms. The van der Waals surface area contributed by atoms with Crippen molar-refractivity contribution in [2.75, 3.05) is 5.32 Å². The maximum absolute atomic E-state index is 15.1. The van der Waals surface area contributed by atoms with Crippen LogP contribution in [0.5, 0.6) is 0 Å². The van der Waals surface area contributed by atoms with Crippen LogP contribution in [0.2, 0.25) is 0 Å². The van der Waals surface area contributed by atoms with Crippen molar-refractivity contribution in [3.8, 4) is 11.3 Å². The number of carbonyl (C=O) groups is 2. The van der Waals surface area contributed by atoms with E-state index in [9.17, 15) is 18.4 Å². The molecule has 3 rings (SSSR count). The number of hydrogen-bond acceptors (Lipinski definition) is 4. The lowest BCUT2D eigenvalue weighted by molar-refractivity contribution is -0.132. The molecule has 0 aliphatic rings. The summed E-state index contributed by atoms with van der Waals surface area (Å²) >= 11 is 1.05. The Bertz CT molecular complexity index is 1290. The monoisotopic (exact) mass is 502 g/mol. The number of anilines is 1. The number of nitrogens with zero attached hydrogens (tertiary/aromatic N) is 1. The van der Waals surface area contributed by atoms with Gasteiger partial charge in [0.15, 0.2) is 5.13 Å². The summed E-state index contributed by atoms with van der Waals surface area (Å²) < 4.78 is 43.8. The average molecular weight is 503 g/mol. The summed E-state index contributed by atoms with van der Waals surface area (Å²) in [6.07, 6.45) is 2.24. The predicted octanol–water partition coefficient (Wildman–Crippen LogP) is 6.95. The number of carbonyl (C=O) groups excluding carboxylic acids is 1. The molecule has 0 aliphatic carbocycles. The van der Waals surface area contributed by atoms with Crippen molar-refractivity contribution >= 4 is 34.4 Å². The van der Waals surface area contributed by atoms with Crippen LogP contribution in [0, 0.1) is 22.9 Å². The highest BCUT2D eigenvalue weighted by atomic mass is 32.1. The van der Waals surface area contributed by atoms with E-state index in [2.05, 4.69) is 31.1 Å². The summed E-state index contributed by atoms with van der Waals surface area (Å²) in [5.41, 5.74) is 0.150. The van der Waals surface area contributed by atoms with Crippen molar-refractivity contribution in [2.45, 2.75) is 40.5 Å². The van der Waals surface area contributed by atoms with Crippen LogP contribution in [0.3, 0.4) is 0 Å². The molecule has 1 amide bonds.